The van der Waals surface area contributed by atoms with Crippen molar-refractivity contribution in [3.63, 3.8) is 0 Å². The van der Waals surface area contributed by atoms with Gasteiger partial charge in [-0.3, -0.25) is 9.59 Å². The lowest BCUT2D eigenvalue weighted by Gasteiger charge is -2.26. The van der Waals surface area contributed by atoms with Gasteiger partial charge in [0.15, 0.2) is 0 Å². The summed E-state index contributed by atoms with van der Waals surface area (Å²) in [6.45, 7) is 5.63. The number of urea groups is 1. The topological polar surface area (TPSA) is 108 Å². The number of aryl methyl sites for hydroxylation is 1. The Kier molecular flexibility index (Phi) is 6.60. The molecule has 0 atom stereocenters. The minimum absolute atomic E-state index is 0.0113. The fourth-order valence-electron chi connectivity index (χ4n) is 3.17. The van der Waals surface area contributed by atoms with Crippen LogP contribution in [0.15, 0.2) is 18.2 Å². The van der Waals surface area contributed by atoms with Crippen LogP contribution in [0.3, 0.4) is 0 Å². The monoisotopic (exact) mass is 361 g/mol. The first-order chi connectivity index (χ1) is 12.3. The summed E-state index contributed by atoms with van der Waals surface area (Å²) in [7, 11) is 0. The van der Waals surface area contributed by atoms with E-state index < -0.39 is 5.97 Å². The number of rotatable bonds is 5. The number of aliphatic carboxylic acids is 1. The fourth-order valence-corrected chi connectivity index (χ4v) is 3.17. The molecule has 0 saturated heterocycles. The molecule has 142 valence electrons. The summed E-state index contributed by atoms with van der Waals surface area (Å²) in [4.78, 5) is 35.2. The molecule has 4 N–H and O–H groups in total. The van der Waals surface area contributed by atoms with Gasteiger partial charge < -0.3 is 21.1 Å². The molecule has 3 amide bonds. The van der Waals surface area contributed by atoms with Crippen molar-refractivity contribution in [3.05, 3.63) is 29.3 Å². The van der Waals surface area contributed by atoms with E-state index in [0.717, 1.165) is 5.56 Å². The van der Waals surface area contributed by atoms with Crippen LogP contribution >= 0.6 is 0 Å². The van der Waals surface area contributed by atoms with Gasteiger partial charge in [-0.2, -0.15) is 0 Å². The van der Waals surface area contributed by atoms with Crippen LogP contribution < -0.4 is 16.0 Å². The van der Waals surface area contributed by atoms with Crippen molar-refractivity contribution in [2.75, 3.05) is 5.32 Å². The second kappa shape index (κ2) is 8.69. The van der Waals surface area contributed by atoms with E-state index in [4.69, 9.17) is 5.11 Å². The quantitative estimate of drug-likeness (QED) is 0.647. The molecule has 7 heteroatoms. The standard InChI is InChI=1S/C19H27N3O4/c1-11(2)20-17(23)16-9-8-15(10-12(16)3)22-19(26)21-14-6-4-13(5-7-14)18(24)25/h8-11,13-14H,4-7H2,1-3H3,(H,20,23)(H,24,25)(H2,21,22,26). The molecule has 0 heterocycles. The number of carboxylic acid groups (broad SMARTS) is 1. The second-order valence-electron chi connectivity index (χ2n) is 7.14. The number of carbonyl (C=O) groups excluding carboxylic acids is 2. The Balaban J connectivity index is 1.88. The lowest BCUT2D eigenvalue weighted by molar-refractivity contribution is -0.142. The lowest BCUT2D eigenvalue weighted by atomic mass is 9.86. The number of carbonyl (C=O) groups is 3. The van der Waals surface area contributed by atoms with Crippen molar-refractivity contribution in [3.8, 4) is 0 Å². The number of benzene rings is 1. The summed E-state index contributed by atoms with van der Waals surface area (Å²) in [5, 5.41) is 17.5. The SMILES string of the molecule is Cc1cc(NC(=O)NC2CCC(C(=O)O)CC2)ccc1C(=O)NC(C)C. The van der Waals surface area contributed by atoms with Crippen molar-refractivity contribution >= 4 is 23.6 Å². The van der Waals surface area contributed by atoms with Gasteiger partial charge in [0, 0.05) is 23.3 Å². The van der Waals surface area contributed by atoms with Crippen molar-refractivity contribution in [2.45, 2.75) is 58.5 Å². The summed E-state index contributed by atoms with van der Waals surface area (Å²) >= 11 is 0. The Bertz CT molecular complexity index is 679. The molecule has 1 saturated carbocycles. The van der Waals surface area contributed by atoms with Gasteiger partial charge in [0.25, 0.3) is 5.91 Å². The molecule has 0 bridgehead atoms. The summed E-state index contributed by atoms with van der Waals surface area (Å²) in [6, 6.07) is 4.88. The van der Waals surface area contributed by atoms with E-state index in [1.165, 1.54) is 0 Å². The number of carboxylic acids is 1. The average Bonchev–Trinajstić information content (AvgIpc) is 2.54. The van der Waals surface area contributed by atoms with Crippen LogP contribution in [-0.2, 0) is 4.79 Å². The summed E-state index contributed by atoms with van der Waals surface area (Å²) in [5.74, 6) is -1.20. The van der Waals surface area contributed by atoms with E-state index >= 15 is 0 Å². The molecule has 1 aromatic carbocycles. The Hall–Kier alpha value is -2.57. The molecule has 1 aliphatic rings. The third kappa shape index (κ3) is 5.47. The van der Waals surface area contributed by atoms with E-state index in [2.05, 4.69) is 16.0 Å². The van der Waals surface area contributed by atoms with Crippen molar-refractivity contribution in [1.29, 1.82) is 0 Å². The molecule has 0 radical (unpaired) electrons. The molecule has 0 unspecified atom stereocenters. The number of anilines is 1. The van der Waals surface area contributed by atoms with E-state index in [9.17, 15) is 14.4 Å². The van der Waals surface area contributed by atoms with Crippen LogP contribution in [0.5, 0.6) is 0 Å². The van der Waals surface area contributed by atoms with Crippen LogP contribution in [-0.4, -0.2) is 35.1 Å². The molecule has 26 heavy (non-hydrogen) atoms. The summed E-state index contributed by atoms with van der Waals surface area (Å²) in [5.41, 5.74) is 1.97. The highest BCUT2D eigenvalue weighted by atomic mass is 16.4. The predicted octanol–water partition coefficient (Wildman–Crippen LogP) is 2.90. The molecule has 2 rings (SSSR count). The zero-order valence-electron chi connectivity index (χ0n) is 15.5. The van der Waals surface area contributed by atoms with Gasteiger partial charge in [0.2, 0.25) is 0 Å². The second-order valence-corrected chi connectivity index (χ2v) is 7.14. The Labute approximate surface area is 153 Å². The lowest BCUT2D eigenvalue weighted by Crippen LogP contribution is -2.41. The zero-order chi connectivity index (χ0) is 19.3. The normalized spacial score (nSPS) is 19.7. The molecule has 7 nitrogen and oxygen atoms in total. The highest BCUT2D eigenvalue weighted by molar-refractivity contribution is 5.97. The number of nitrogens with one attached hydrogen (secondary N) is 3. The number of hydrogen-bond donors (Lipinski definition) is 4. The third-order valence-electron chi connectivity index (χ3n) is 4.56. The van der Waals surface area contributed by atoms with Crippen molar-refractivity contribution in [1.82, 2.24) is 10.6 Å². The smallest absolute Gasteiger partial charge is 0.319 e. The van der Waals surface area contributed by atoms with E-state index in [1.54, 1.807) is 18.2 Å². The number of amides is 3. The van der Waals surface area contributed by atoms with Crippen LogP contribution in [0.25, 0.3) is 0 Å². The van der Waals surface area contributed by atoms with Gasteiger partial charge in [-0.25, -0.2) is 4.79 Å². The Morgan fingerprint density at radius 3 is 2.31 bits per heavy atom. The van der Waals surface area contributed by atoms with Crippen LogP contribution in [0, 0.1) is 12.8 Å². The zero-order valence-corrected chi connectivity index (χ0v) is 15.5. The molecule has 1 fully saturated rings. The highest BCUT2D eigenvalue weighted by Crippen LogP contribution is 2.24. The van der Waals surface area contributed by atoms with Gasteiger partial charge in [0.05, 0.1) is 5.92 Å². The molecule has 0 aliphatic heterocycles. The predicted molar refractivity (Wildman–Crippen MR) is 99.3 cm³/mol. The van der Waals surface area contributed by atoms with Crippen LogP contribution in [0.2, 0.25) is 0 Å². The van der Waals surface area contributed by atoms with E-state index in [0.29, 0.717) is 36.9 Å². The minimum Gasteiger partial charge on any atom is -0.481 e. The molecular formula is C19H27N3O4. The first kappa shape index (κ1) is 19.8. The van der Waals surface area contributed by atoms with E-state index in [-0.39, 0.29) is 29.9 Å². The van der Waals surface area contributed by atoms with Gasteiger partial charge >= 0.3 is 12.0 Å². The third-order valence-corrected chi connectivity index (χ3v) is 4.56. The van der Waals surface area contributed by atoms with Crippen molar-refractivity contribution in [2.24, 2.45) is 5.92 Å². The molecular weight excluding hydrogens is 334 g/mol. The Morgan fingerprint density at radius 2 is 1.77 bits per heavy atom. The summed E-state index contributed by atoms with van der Waals surface area (Å²) in [6.07, 6.45) is 2.49. The Morgan fingerprint density at radius 1 is 1.12 bits per heavy atom. The number of hydrogen-bond acceptors (Lipinski definition) is 3. The molecule has 1 aromatic rings. The molecule has 0 aromatic heterocycles. The first-order valence-electron chi connectivity index (χ1n) is 8.98. The van der Waals surface area contributed by atoms with E-state index in [1.807, 2.05) is 20.8 Å². The van der Waals surface area contributed by atoms with Crippen LogP contribution in [0.1, 0.15) is 55.5 Å². The first-order valence-corrected chi connectivity index (χ1v) is 8.98. The average molecular weight is 361 g/mol. The molecule has 0 spiro atoms. The van der Waals surface area contributed by atoms with Crippen LogP contribution in [0.4, 0.5) is 10.5 Å². The maximum atomic E-state index is 12.2. The van der Waals surface area contributed by atoms with Gasteiger partial charge in [-0.15, -0.1) is 0 Å². The maximum Gasteiger partial charge on any atom is 0.319 e. The fraction of sp³-hybridized carbons (Fsp3) is 0.526. The van der Waals surface area contributed by atoms with Crippen molar-refractivity contribution < 1.29 is 19.5 Å². The minimum atomic E-state index is -0.759. The maximum absolute atomic E-state index is 12.2. The summed E-state index contributed by atoms with van der Waals surface area (Å²) < 4.78 is 0. The van der Waals surface area contributed by atoms with Gasteiger partial charge in [-0.1, -0.05) is 0 Å². The van der Waals surface area contributed by atoms with Gasteiger partial charge in [0.1, 0.15) is 0 Å². The van der Waals surface area contributed by atoms with Gasteiger partial charge in [-0.05, 0) is 70.2 Å². The molecule has 1 aliphatic carbocycles. The largest absolute Gasteiger partial charge is 0.481 e. The highest BCUT2D eigenvalue weighted by Gasteiger charge is 2.26.